The number of hydrogen-bond acceptors (Lipinski definition) is 2. The van der Waals surface area contributed by atoms with Crippen molar-refractivity contribution < 1.29 is 4.79 Å². The van der Waals surface area contributed by atoms with Crippen molar-refractivity contribution in [2.45, 2.75) is 57.5 Å². The van der Waals surface area contributed by atoms with Crippen molar-refractivity contribution in [1.82, 2.24) is 10.6 Å². The second-order valence-corrected chi connectivity index (χ2v) is 6.23. The van der Waals surface area contributed by atoms with Gasteiger partial charge in [0, 0.05) is 19.1 Å². The van der Waals surface area contributed by atoms with Crippen LogP contribution in [-0.2, 0) is 11.3 Å². The predicted molar refractivity (Wildman–Crippen MR) is 80.6 cm³/mol. The molecule has 3 rings (SSSR count). The van der Waals surface area contributed by atoms with E-state index in [0.717, 1.165) is 25.9 Å². The van der Waals surface area contributed by atoms with Gasteiger partial charge in [0.05, 0.1) is 5.92 Å². The zero-order chi connectivity index (χ0) is 13.9. The highest BCUT2D eigenvalue weighted by Crippen LogP contribution is 2.26. The van der Waals surface area contributed by atoms with Gasteiger partial charge in [0.2, 0.25) is 5.91 Å². The van der Waals surface area contributed by atoms with Gasteiger partial charge in [-0.3, -0.25) is 4.79 Å². The van der Waals surface area contributed by atoms with Crippen molar-refractivity contribution in [3.8, 4) is 0 Å². The van der Waals surface area contributed by atoms with E-state index in [2.05, 4.69) is 35.8 Å². The quantitative estimate of drug-likeness (QED) is 0.869. The third-order valence-corrected chi connectivity index (χ3v) is 4.61. The molecule has 3 heteroatoms. The van der Waals surface area contributed by atoms with Gasteiger partial charge in [-0.05, 0) is 30.9 Å². The Kier molecular flexibility index (Phi) is 4.06. The Labute approximate surface area is 121 Å². The van der Waals surface area contributed by atoms with Crippen molar-refractivity contribution in [2.24, 2.45) is 0 Å². The van der Waals surface area contributed by atoms with Crippen LogP contribution in [0.25, 0.3) is 0 Å². The van der Waals surface area contributed by atoms with Gasteiger partial charge in [0.1, 0.15) is 0 Å². The summed E-state index contributed by atoms with van der Waals surface area (Å²) in [5.74, 6) is 0.176. The number of aryl methyl sites for hydroxylation is 1. The van der Waals surface area contributed by atoms with Gasteiger partial charge in [-0.1, -0.05) is 43.0 Å². The summed E-state index contributed by atoms with van der Waals surface area (Å²) < 4.78 is 0. The van der Waals surface area contributed by atoms with Gasteiger partial charge in [-0.2, -0.15) is 0 Å². The lowest BCUT2D eigenvalue weighted by Gasteiger charge is -2.29. The summed E-state index contributed by atoms with van der Waals surface area (Å²) in [6.07, 6.45) is 6.12. The number of carbonyl (C=O) groups excluding carboxylic acids is 1. The fourth-order valence-corrected chi connectivity index (χ4v) is 3.47. The molecule has 2 N–H and O–H groups in total. The number of benzene rings is 1. The first-order valence-corrected chi connectivity index (χ1v) is 7.84. The lowest BCUT2D eigenvalue weighted by molar-refractivity contribution is -0.123. The number of carbonyl (C=O) groups is 1. The summed E-state index contributed by atoms with van der Waals surface area (Å²) in [6.45, 7) is 3.74. The average Bonchev–Trinajstić information content (AvgIpc) is 2.47. The summed E-state index contributed by atoms with van der Waals surface area (Å²) in [7, 11) is 0. The molecule has 1 saturated carbocycles. The van der Waals surface area contributed by atoms with E-state index >= 15 is 0 Å². The third kappa shape index (κ3) is 2.88. The summed E-state index contributed by atoms with van der Waals surface area (Å²) in [5, 5.41) is 6.64. The van der Waals surface area contributed by atoms with E-state index in [1.165, 1.54) is 36.0 Å². The molecule has 1 aromatic rings. The van der Waals surface area contributed by atoms with Crippen LogP contribution in [0, 0.1) is 6.92 Å². The van der Waals surface area contributed by atoms with E-state index in [9.17, 15) is 4.79 Å². The minimum Gasteiger partial charge on any atom is -0.353 e. The lowest BCUT2D eigenvalue weighted by Crippen LogP contribution is -2.43. The first-order valence-electron chi connectivity index (χ1n) is 7.84. The molecule has 1 atom stereocenters. The monoisotopic (exact) mass is 272 g/mol. The molecule has 0 radical (unpaired) electrons. The molecule has 0 saturated heterocycles. The third-order valence-electron chi connectivity index (χ3n) is 4.61. The molecular formula is C17H24N2O. The molecule has 0 bridgehead atoms. The van der Waals surface area contributed by atoms with Crippen LogP contribution in [0.2, 0.25) is 0 Å². The Morgan fingerprint density at radius 1 is 1.25 bits per heavy atom. The van der Waals surface area contributed by atoms with Crippen LogP contribution in [-0.4, -0.2) is 18.5 Å². The Bertz CT molecular complexity index is 492. The topological polar surface area (TPSA) is 41.1 Å². The summed E-state index contributed by atoms with van der Waals surface area (Å²) in [4.78, 5) is 12.6. The Balaban J connectivity index is 1.72. The molecule has 1 heterocycles. The van der Waals surface area contributed by atoms with Crippen molar-refractivity contribution in [3.05, 3.63) is 34.9 Å². The van der Waals surface area contributed by atoms with Gasteiger partial charge < -0.3 is 10.6 Å². The zero-order valence-corrected chi connectivity index (χ0v) is 12.2. The van der Waals surface area contributed by atoms with E-state index in [4.69, 9.17) is 0 Å². The number of nitrogens with one attached hydrogen (secondary N) is 2. The molecule has 1 aromatic carbocycles. The molecule has 20 heavy (non-hydrogen) atoms. The second-order valence-electron chi connectivity index (χ2n) is 6.23. The molecule has 1 amide bonds. The maximum Gasteiger partial charge on any atom is 0.229 e. The molecular weight excluding hydrogens is 248 g/mol. The van der Waals surface area contributed by atoms with Crippen LogP contribution in [0.1, 0.15) is 54.7 Å². The Morgan fingerprint density at radius 3 is 2.85 bits per heavy atom. The molecule has 2 aliphatic rings. The number of amides is 1. The van der Waals surface area contributed by atoms with E-state index in [0.29, 0.717) is 6.04 Å². The average molecular weight is 272 g/mol. The molecule has 1 unspecified atom stereocenters. The van der Waals surface area contributed by atoms with Gasteiger partial charge in [0.15, 0.2) is 0 Å². The Morgan fingerprint density at radius 2 is 2.05 bits per heavy atom. The molecule has 0 aromatic heterocycles. The molecule has 1 fully saturated rings. The van der Waals surface area contributed by atoms with Gasteiger partial charge in [-0.15, -0.1) is 0 Å². The summed E-state index contributed by atoms with van der Waals surface area (Å²) in [6, 6.07) is 6.84. The highest BCUT2D eigenvalue weighted by Gasteiger charge is 2.28. The van der Waals surface area contributed by atoms with E-state index in [1.807, 2.05) is 0 Å². The predicted octanol–water partition coefficient (Wildman–Crippen LogP) is 2.63. The van der Waals surface area contributed by atoms with Gasteiger partial charge in [0.25, 0.3) is 0 Å². The van der Waals surface area contributed by atoms with Crippen LogP contribution in [0.5, 0.6) is 0 Å². The SMILES string of the molecule is Cc1ccc2c(c1)CNCC2C(=O)NC1CCCCC1. The first kappa shape index (κ1) is 13.6. The molecule has 1 aliphatic carbocycles. The minimum atomic E-state index is -0.0266. The van der Waals surface area contributed by atoms with Crippen molar-refractivity contribution >= 4 is 5.91 Å². The number of hydrogen-bond donors (Lipinski definition) is 2. The largest absolute Gasteiger partial charge is 0.353 e. The maximum absolute atomic E-state index is 12.6. The van der Waals surface area contributed by atoms with E-state index in [1.54, 1.807) is 0 Å². The van der Waals surface area contributed by atoms with Crippen LogP contribution in [0.3, 0.4) is 0 Å². The smallest absolute Gasteiger partial charge is 0.229 e. The van der Waals surface area contributed by atoms with Crippen LogP contribution >= 0.6 is 0 Å². The van der Waals surface area contributed by atoms with Crippen molar-refractivity contribution in [1.29, 1.82) is 0 Å². The van der Waals surface area contributed by atoms with Gasteiger partial charge >= 0.3 is 0 Å². The van der Waals surface area contributed by atoms with Crippen LogP contribution in [0.15, 0.2) is 18.2 Å². The van der Waals surface area contributed by atoms with Crippen molar-refractivity contribution in [3.63, 3.8) is 0 Å². The molecule has 0 spiro atoms. The van der Waals surface area contributed by atoms with Crippen molar-refractivity contribution in [2.75, 3.05) is 6.54 Å². The first-order chi connectivity index (χ1) is 9.74. The Hall–Kier alpha value is -1.35. The molecule has 3 nitrogen and oxygen atoms in total. The fraction of sp³-hybridized carbons (Fsp3) is 0.588. The number of rotatable bonds is 2. The highest BCUT2D eigenvalue weighted by atomic mass is 16.2. The van der Waals surface area contributed by atoms with Crippen LogP contribution in [0.4, 0.5) is 0 Å². The summed E-state index contributed by atoms with van der Waals surface area (Å²) >= 11 is 0. The maximum atomic E-state index is 12.6. The lowest BCUT2D eigenvalue weighted by atomic mass is 9.88. The fourth-order valence-electron chi connectivity index (χ4n) is 3.47. The standard InChI is InChI=1S/C17H24N2O/c1-12-7-8-15-13(9-12)10-18-11-16(15)17(20)19-14-5-3-2-4-6-14/h7-9,14,16,18H,2-6,10-11H2,1H3,(H,19,20). The van der Waals surface area contributed by atoms with E-state index < -0.39 is 0 Å². The summed E-state index contributed by atoms with van der Waals surface area (Å²) in [5.41, 5.74) is 3.75. The normalized spacial score (nSPS) is 23.1. The second kappa shape index (κ2) is 5.96. The molecule has 1 aliphatic heterocycles. The minimum absolute atomic E-state index is 0.0266. The highest BCUT2D eigenvalue weighted by molar-refractivity contribution is 5.85. The zero-order valence-electron chi connectivity index (χ0n) is 12.2. The van der Waals surface area contributed by atoms with Gasteiger partial charge in [-0.25, -0.2) is 0 Å². The van der Waals surface area contributed by atoms with E-state index in [-0.39, 0.29) is 11.8 Å². The number of fused-ring (bicyclic) bond motifs is 1. The molecule has 108 valence electrons. The van der Waals surface area contributed by atoms with Crippen LogP contribution < -0.4 is 10.6 Å².